The molecule has 0 radical (unpaired) electrons. The molecule has 19 heavy (non-hydrogen) atoms. The van der Waals surface area contributed by atoms with E-state index in [4.69, 9.17) is 29.6 Å². The lowest BCUT2D eigenvalue weighted by Crippen LogP contribution is -2.37. The van der Waals surface area contributed by atoms with Crippen molar-refractivity contribution in [3.63, 3.8) is 0 Å². The van der Waals surface area contributed by atoms with Gasteiger partial charge in [0.15, 0.2) is 0 Å². The summed E-state index contributed by atoms with van der Waals surface area (Å²) in [7, 11) is 2.17. The first kappa shape index (κ1) is 14.6. The SMILES string of the molecule is CC1CN(C)CCCN1c1ccc(C(N)=S)c(Cl)c1. The number of nitrogens with zero attached hydrogens (tertiary/aromatic N) is 2. The van der Waals surface area contributed by atoms with E-state index in [2.05, 4.69) is 29.8 Å². The molecular weight excluding hydrogens is 278 g/mol. The fourth-order valence-electron chi connectivity index (χ4n) is 2.64. The van der Waals surface area contributed by atoms with Gasteiger partial charge in [0.2, 0.25) is 0 Å². The van der Waals surface area contributed by atoms with Gasteiger partial charge in [-0.1, -0.05) is 23.8 Å². The predicted octanol–water partition coefficient (Wildman–Crippen LogP) is 2.50. The van der Waals surface area contributed by atoms with Gasteiger partial charge in [0, 0.05) is 30.4 Å². The van der Waals surface area contributed by atoms with Crippen LogP contribution in [-0.2, 0) is 0 Å². The van der Waals surface area contributed by atoms with Crippen LogP contribution in [0, 0.1) is 0 Å². The molecule has 0 saturated carbocycles. The average Bonchev–Trinajstić information content (AvgIpc) is 2.49. The van der Waals surface area contributed by atoms with E-state index in [-0.39, 0.29) is 0 Å². The quantitative estimate of drug-likeness (QED) is 0.850. The Morgan fingerprint density at radius 3 is 2.79 bits per heavy atom. The second kappa shape index (κ2) is 6.07. The maximum atomic E-state index is 6.26. The fraction of sp³-hybridized carbons (Fsp3) is 0.500. The van der Waals surface area contributed by atoms with Crippen molar-refractivity contribution in [2.24, 2.45) is 5.73 Å². The predicted molar refractivity (Wildman–Crippen MR) is 86.3 cm³/mol. The Labute approximate surface area is 125 Å². The fourth-order valence-corrected chi connectivity index (χ4v) is 3.15. The van der Waals surface area contributed by atoms with Crippen molar-refractivity contribution in [2.75, 3.05) is 31.6 Å². The van der Waals surface area contributed by atoms with E-state index >= 15 is 0 Å². The van der Waals surface area contributed by atoms with Crippen LogP contribution in [0.2, 0.25) is 5.02 Å². The largest absolute Gasteiger partial charge is 0.389 e. The second-order valence-corrected chi connectivity index (χ2v) is 6.03. The molecule has 1 fully saturated rings. The molecule has 2 rings (SSSR count). The van der Waals surface area contributed by atoms with Gasteiger partial charge in [-0.3, -0.25) is 0 Å². The van der Waals surface area contributed by atoms with E-state index in [1.165, 1.54) is 0 Å². The highest BCUT2D eigenvalue weighted by Gasteiger charge is 2.20. The third kappa shape index (κ3) is 3.38. The first-order valence-corrected chi connectivity index (χ1v) is 7.32. The molecule has 1 saturated heterocycles. The molecule has 104 valence electrons. The number of hydrogen-bond donors (Lipinski definition) is 1. The van der Waals surface area contributed by atoms with E-state index in [0.717, 1.165) is 37.3 Å². The first-order valence-electron chi connectivity index (χ1n) is 6.53. The molecule has 1 atom stereocenters. The van der Waals surface area contributed by atoms with Gasteiger partial charge in [0.25, 0.3) is 0 Å². The summed E-state index contributed by atoms with van der Waals surface area (Å²) < 4.78 is 0. The van der Waals surface area contributed by atoms with Crippen LogP contribution in [0.4, 0.5) is 5.69 Å². The van der Waals surface area contributed by atoms with E-state index in [1.54, 1.807) is 0 Å². The highest BCUT2D eigenvalue weighted by Crippen LogP contribution is 2.26. The molecule has 0 spiro atoms. The van der Waals surface area contributed by atoms with E-state index in [0.29, 0.717) is 16.1 Å². The number of benzene rings is 1. The summed E-state index contributed by atoms with van der Waals surface area (Å²) in [5.41, 5.74) is 7.54. The molecule has 1 aromatic carbocycles. The molecule has 0 aliphatic carbocycles. The minimum atomic E-state index is 0.347. The van der Waals surface area contributed by atoms with Crippen LogP contribution in [-0.4, -0.2) is 42.6 Å². The van der Waals surface area contributed by atoms with E-state index < -0.39 is 0 Å². The Kier molecular flexibility index (Phi) is 4.66. The summed E-state index contributed by atoms with van der Waals surface area (Å²) in [5.74, 6) is 0. The summed E-state index contributed by atoms with van der Waals surface area (Å²) >= 11 is 11.2. The number of likely N-dealkylation sites (N-methyl/N-ethyl adjacent to an activating group) is 1. The number of hydrogen-bond acceptors (Lipinski definition) is 3. The van der Waals surface area contributed by atoms with Gasteiger partial charge in [0.05, 0.1) is 5.02 Å². The number of rotatable bonds is 2. The smallest absolute Gasteiger partial charge is 0.105 e. The average molecular weight is 298 g/mol. The van der Waals surface area contributed by atoms with Gasteiger partial charge in [0.1, 0.15) is 4.99 Å². The third-order valence-electron chi connectivity index (χ3n) is 3.60. The highest BCUT2D eigenvalue weighted by atomic mass is 35.5. The van der Waals surface area contributed by atoms with Crippen molar-refractivity contribution >= 4 is 34.5 Å². The Hall–Kier alpha value is -0.840. The summed E-state index contributed by atoms with van der Waals surface area (Å²) in [6.07, 6.45) is 1.16. The molecule has 0 aromatic heterocycles. The molecule has 2 N–H and O–H groups in total. The minimum absolute atomic E-state index is 0.347. The Morgan fingerprint density at radius 2 is 2.16 bits per heavy atom. The van der Waals surface area contributed by atoms with Crippen molar-refractivity contribution in [3.05, 3.63) is 28.8 Å². The normalized spacial score (nSPS) is 21.2. The lowest BCUT2D eigenvalue weighted by atomic mass is 10.1. The number of anilines is 1. The summed E-state index contributed by atoms with van der Waals surface area (Å²) in [4.78, 5) is 5.12. The standard InChI is InChI=1S/C14H20ClN3S/c1-10-9-17(2)6-3-7-18(10)11-4-5-12(14(16)19)13(15)8-11/h4-5,8,10H,3,6-7,9H2,1-2H3,(H2,16,19). The lowest BCUT2D eigenvalue weighted by molar-refractivity contribution is 0.337. The molecule has 0 amide bonds. The van der Waals surface area contributed by atoms with Gasteiger partial charge in [-0.25, -0.2) is 0 Å². The Morgan fingerprint density at radius 1 is 1.42 bits per heavy atom. The topological polar surface area (TPSA) is 32.5 Å². The summed E-state index contributed by atoms with van der Waals surface area (Å²) in [6, 6.07) is 6.42. The first-order chi connectivity index (χ1) is 8.99. The minimum Gasteiger partial charge on any atom is -0.389 e. The molecule has 1 aliphatic heterocycles. The number of halogens is 1. The van der Waals surface area contributed by atoms with E-state index in [9.17, 15) is 0 Å². The summed E-state index contributed by atoms with van der Waals surface area (Å²) in [5, 5.41) is 0.634. The van der Waals surface area contributed by atoms with Crippen LogP contribution in [0.5, 0.6) is 0 Å². The van der Waals surface area contributed by atoms with E-state index in [1.807, 2.05) is 12.1 Å². The number of thiocarbonyl (C=S) groups is 1. The van der Waals surface area contributed by atoms with Crippen LogP contribution in [0.15, 0.2) is 18.2 Å². The monoisotopic (exact) mass is 297 g/mol. The van der Waals surface area contributed by atoms with Crippen LogP contribution in [0.25, 0.3) is 0 Å². The van der Waals surface area contributed by atoms with Gasteiger partial charge in [-0.05, 0) is 45.1 Å². The van der Waals surface area contributed by atoms with Gasteiger partial charge < -0.3 is 15.5 Å². The molecule has 3 nitrogen and oxygen atoms in total. The van der Waals surface area contributed by atoms with Crippen LogP contribution in [0.1, 0.15) is 18.9 Å². The molecule has 1 heterocycles. The van der Waals surface area contributed by atoms with Gasteiger partial charge >= 0.3 is 0 Å². The highest BCUT2D eigenvalue weighted by molar-refractivity contribution is 7.80. The maximum Gasteiger partial charge on any atom is 0.105 e. The second-order valence-electron chi connectivity index (χ2n) is 5.19. The van der Waals surface area contributed by atoms with Crippen LogP contribution < -0.4 is 10.6 Å². The van der Waals surface area contributed by atoms with Gasteiger partial charge in [-0.2, -0.15) is 0 Å². The zero-order valence-corrected chi connectivity index (χ0v) is 13.0. The van der Waals surface area contributed by atoms with Crippen molar-refractivity contribution in [2.45, 2.75) is 19.4 Å². The third-order valence-corrected chi connectivity index (χ3v) is 4.13. The molecule has 0 bridgehead atoms. The van der Waals surface area contributed by atoms with Gasteiger partial charge in [-0.15, -0.1) is 0 Å². The molecular formula is C14H20ClN3S. The lowest BCUT2D eigenvalue weighted by Gasteiger charge is -2.30. The number of nitrogens with two attached hydrogens (primary N) is 1. The Balaban J connectivity index is 2.25. The molecule has 1 aliphatic rings. The molecule has 1 unspecified atom stereocenters. The zero-order chi connectivity index (χ0) is 14.0. The van der Waals surface area contributed by atoms with Crippen molar-refractivity contribution in [1.29, 1.82) is 0 Å². The van der Waals surface area contributed by atoms with Crippen LogP contribution >= 0.6 is 23.8 Å². The summed E-state index contributed by atoms with van der Waals surface area (Å²) in [6.45, 7) is 5.50. The Bertz CT molecular complexity index is 478. The van der Waals surface area contributed by atoms with Crippen molar-refractivity contribution < 1.29 is 0 Å². The van der Waals surface area contributed by atoms with Crippen molar-refractivity contribution in [1.82, 2.24) is 4.90 Å². The molecule has 1 aromatic rings. The van der Waals surface area contributed by atoms with Crippen LogP contribution in [0.3, 0.4) is 0 Å². The van der Waals surface area contributed by atoms with Crippen molar-refractivity contribution in [3.8, 4) is 0 Å². The zero-order valence-electron chi connectivity index (χ0n) is 11.4. The maximum absolute atomic E-state index is 6.26. The molecule has 5 heteroatoms.